The molecule has 0 aliphatic carbocycles. The first-order chi connectivity index (χ1) is 13.3. The summed E-state index contributed by atoms with van der Waals surface area (Å²) in [6, 6.07) is 7.22. The number of pyridine rings is 2. The predicted octanol–water partition coefficient (Wildman–Crippen LogP) is 2.17. The zero-order valence-electron chi connectivity index (χ0n) is 15.4. The van der Waals surface area contributed by atoms with Gasteiger partial charge in [0.15, 0.2) is 0 Å². The molecule has 3 rings (SSSR count). The van der Waals surface area contributed by atoms with Crippen molar-refractivity contribution in [2.45, 2.75) is 19.4 Å². The first-order valence-electron chi connectivity index (χ1n) is 8.47. The van der Waals surface area contributed by atoms with E-state index in [1.807, 2.05) is 12.1 Å². The highest BCUT2D eigenvalue weighted by Crippen LogP contribution is 2.26. The summed E-state index contributed by atoms with van der Waals surface area (Å²) in [6.07, 6.45) is 6.43. The topological polar surface area (TPSA) is 138 Å². The number of hydrogen-bond donors (Lipinski definition) is 3. The van der Waals surface area contributed by atoms with E-state index in [4.69, 9.17) is 15.7 Å². The molecule has 8 heteroatoms. The standard InChI is InChI=1S/C20H19N5O3/c1-20(2,27)11-28-17-4-3-12(8-23-17)14-6-16-15(5-13(7-21)18(22)26)10-25-19(16)24-9-14/h3-6,8-10,27H,11H2,1-2H3,(H2,22,26)(H,24,25)/b13-5+. The van der Waals surface area contributed by atoms with Gasteiger partial charge in [0.25, 0.3) is 5.91 Å². The molecule has 0 radical (unpaired) electrons. The van der Waals surface area contributed by atoms with Crippen molar-refractivity contribution in [1.29, 1.82) is 5.26 Å². The van der Waals surface area contributed by atoms with E-state index in [1.165, 1.54) is 6.08 Å². The Bertz CT molecular complexity index is 1090. The summed E-state index contributed by atoms with van der Waals surface area (Å²) in [6.45, 7) is 3.44. The van der Waals surface area contributed by atoms with Crippen LogP contribution in [0.1, 0.15) is 19.4 Å². The molecule has 0 fully saturated rings. The molecule has 0 atom stereocenters. The van der Waals surface area contributed by atoms with Gasteiger partial charge in [-0.2, -0.15) is 5.26 Å². The van der Waals surface area contributed by atoms with E-state index in [0.717, 1.165) is 16.5 Å². The van der Waals surface area contributed by atoms with Crippen molar-refractivity contribution < 1.29 is 14.6 Å². The normalized spacial score (nSPS) is 12.0. The van der Waals surface area contributed by atoms with Crippen molar-refractivity contribution in [3.05, 3.63) is 47.9 Å². The minimum atomic E-state index is -0.944. The van der Waals surface area contributed by atoms with Crippen molar-refractivity contribution in [2.75, 3.05) is 6.61 Å². The Balaban J connectivity index is 1.91. The Morgan fingerprint density at radius 1 is 1.36 bits per heavy atom. The van der Waals surface area contributed by atoms with Gasteiger partial charge >= 0.3 is 0 Å². The van der Waals surface area contributed by atoms with Gasteiger partial charge in [-0.1, -0.05) is 0 Å². The molecular formula is C20H19N5O3. The van der Waals surface area contributed by atoms with Crippen molar-refractivity contribution in [3.8, 4) is 23.1 Å². The maximum absolute atomic E-state index is 11.3. The van der Waals surface area contributed by atoms with Gasteiger partial charge in [-0.3, -0.25) is 4.79 Å². The summed E-state index contributed by atoms with van der Waals surface area (Å²) in [4.78, 5) is 22.9. The van der Waals surface area contributed by atoms with Gasteiger partial charge in [0.2, 0.25) is 5.88 Å². The number of nitrogens with two attached hydrogens (primary N) is 1. The molecule has 0 aliphatic rings. The van der Waals surface area contributed by atoms with Crippen LogP contribution in [0.3, 0.4) is 0 Å². The third-order valence-electron chi connectivity index (χ3n) is 3.89. The van der Waals surface area contributed by atoms with E-state index in [9.17, 15) is 9.90 Å². The lowest BCUT2D eigenvalue weighted by Gasteiger charge is -2.17. The smallest absolute Gasteiger partial charge is 0.259 e. The summed E-state index contributed by atoms with van der Waals surface area (Å²) in [5.41, 5.74) is 7.00. The highest BCUT2D eigenvalue weighted by atomic mass is 16.5. The van der Waals surface area contributed by atoms with Crippen LogP contribution < -0.4 is 10.5 Å². The van der Waals surface area contributed by atoms with E-state index >= 15 is 0 Å². The van der Waals surface area contributed by atoms with Crippen LogP contribution in [0, 0.1) is 11.3 Å². The molecule has 8 nitrogen and oxygen atoms in total. The number of nitrogens with one attached hydrogen (secondary N) is 1. The molecule has 0 spiro atoms. The summed E-state index contributed by atoms with van der Waals surface area (Å²) >= 11 is 0. The molecule has 28 heavy (non-hydrogen) atoms. The number of nitrogens with zero attached hydrogens (tertiary/aromatic N) is 3. The third kappa shape index (κ3) is 4.34. The molecule has 0 aromatic carbocycles. The molecule has 0 bridgehead atoms. The largest absolute Gasteiger partial charge is 0.475 e. The molecule has 142 valence electrons. The van der Waals surface area contributed by atoms with Crippen molar-refractivity contribution in [1.82, 2.24) is 15.0 Å². The molecular weight excluding hydrogens is 358 g/mol. The number of carbonyl (C=O) groups is 1. The predicted molar refractivity (Wildman–Crippen MR) is 104 cm³/mol. The maximum atomic E-state index is 11.3. The van der Waals surface area contributed by atoms with Gasteiger partial charge in [0.05, 0.1) is 5.60 Å². The maximum Gasteiger partial charge on any atom is 0.259 e. The van der Waals surface area contributed by atoms with Crippen molar-refractivity contribution >= 4 is 23.0 Å². The fraction of sp³-hybridized carbons (Fsp3) is 0.200. The van der Waals surface area contributed by atoms with Crippen LogP contribution in [0.5, 0.6) is 5.88 Å². The number of primary amides is 1. The summed E-state index contributed by atoms with van der Waals surface area (Å²) in [5, 5.41) is 19.5. The van der Waals surface area contributed by atoms with Crippen LogP contribution >= 0.6 is 0 Å². The molecule has 0 unspecified atom stereocenters. The van der Waals surface area contributed by atoms with Crippen LogP contribution in [-0.2, 0) is 4.79 Å². The van der Waals surface area contributed by atoms with Gasteiger partial charge < -0.3 is 20.6 Å². The number of hydrogen-bond acceptors (Lipinski definition) is 6. The van der Waals surface area contributed by atoms with E-state index in [2.05, 4.69) is 15.0 Å². The van der Waals surface area contributed by atoms with Crippen LogP contribution in [0.15, 0.2) is 42.4 Å². The molecule has 0 saturated heterocycles. The lowest BCUT2D eigenvalue weighted by atomic mass is 10.1. The number of ether oxygens (including phenoxy) is 1. The van der Waals surface area contributed by atoms with Gasteiger partial charge in [-0.15, -0.1) is 0 Å². The number of nitriles is 1. The van der Waals surface area contributed by atoms with E-state index in [1.54, 1.807) is 44.6 Å². The number of aromatic nitrogens is 3. The Morgan fingerprint density at radius 3 is 2.71 bits per heavy atom. The first-order valence-corrected chi connectivity index (χ1v) is 8.47. The van der Waals surface area contributed by atoms with Crippen molar-refractivity contribution in [2.24, 2.45) is 5.73 Å². The number of carbonyl (C=O) groups excluding carboxylic acids is 1. The van der Waals surface area contributed by atoms with Gasteiger partial charge in [0, 0.05) is 46.7 Å². The average Bonchev–Trinajstić information content (AvgIpc) is 3.06. The fourth-order valence-corrected chi connectivity index (χ4v) is 2.50. The minimum Gasteiger partial charge on any atom is -0.475 e. The summed E-state index contributed by atoms with van der Waals surface area (Å²) in [7, 11) is 0. The van der Waals surface area contributed by atoms with Gasteiger partial charge in [-0.25, -0.2) is 9.97 Å². The molecule has 1 amide bonds. The van der Waals surface area contributed by atoms with Crippen LogP contribution in [0.2, 0.25) is 0 Å². The second-order valence-corrected chi connectivity index (χ2v) is 6.88. The molecule has 3 aromatic heterocycles. The third-order valence-corrected chi connectivity index (χ3v) is 3.89. The van der Waals surface area contributed by atoms with Crippen LogP contribution in [-0.4, -0.2) is 38.2 Å². The fourth-order valence-electron chi connectivity index (χ4n) is 2.50. The quantitative estimate of drug-likeness (QED) is 0.444. The van der Waals surface area contributed by atoms with Gasteiger partial charge in [0.1, 0.15) is 23.9 Å². The number of aliphatic hydroxyl groups is 1. The van der Waals surface area contributed by atoms with E-state index in [-0.39, 0.29) is 12.2 Å². The second kappa shape index (κ2) is 7.50. The molecule has 3 aromatic rings. The Labute approximate surface area is 161 Å². The average molecular weight is 377 g/mol. The Morgan fingerprint density at radius 2 is 2.11 bits per heavy atom. The highest BCUT2D eigenvalue weighted by Gasteiger charge is 2.14. The number of rotatable bonds is 6. The lowest BCUT2D eigenvalue weighted by molar-refractivity contribution is -0.114. The monoisotopic (exact) mass is 377 g/mol. The molecule has 3 heterocycles. The van der Waals surface area contributed by atoms with Crippen LogP contribution in [0.4, 0.5) is 0 Å². The number of fused-ring (bicyclic) bond motifs is 1. The van der Waals surface area contributed by atoms with Gasteiger partial charge in [-0.05, 0) is 32.1 Å². The summed E-state index contributed by atoms with van der Waals surface area (Å²) in [5.74, 6) is -0.378. The Hall–Kier alpha value is -3.70. The molecule has 0 saturated carbocycles. The lowest BCUT2D eigenvalue weighted by Crippen LogP contribution is -2.28. The zero-order valence-corrected chi connectivity index (χ0v) is 15.4. The van der Waals surface area contributed by atoms with E-state index in [0.29, 0.717) is 17.1 Å². The Kier molecular flexibility index (Phi) is 5.11. The SMILES string of the molecule is CC(C)(O)COc1ccc(-c2cnc3[nH]cc(/C=C(\C#N)C(N)=O)c3c2)cn1. The molecule has 4 N–H and O–H groups in total. The van der Waals surface area contributed by atoms with Crippen LogP contribution in [0.25, 0.3) is 28.2 Å². The summed E-state index contributed by atoms with van der Waals surface area (Å²) < 4.78 is 5.45. The minimum absolute atomic E-state index is 0.132. The first kappa shape index (κ1) is 19.1. The number of H-pyrrole nitrogens is 1. The zero-order chi connectivity index (χ0) is 20.3. The molecule has 0 aliphatic heterocycles. The number of aromatic amines is 1. The number of amides is 1. The second-order valence-electron chi connectivity index (χ2n) is 6.88. The highest BCUT2D eigenvalue weighted by molar-refractivity contribution is 6.03. The van der Waals surface area contributed by atoms with E-state index < -0.39 is 11.5 Å². The van der Waals surface area contributed by atoms with Crippen molar-refractivity contribution in [3.63, 3.8) is 0 Å².